The van der Waals surface area contributed by atoms with Crippen LogP contribution in [0.5, 0.6) is 0 Å². The standard InChI is InChI=1S/C39H29NO/c1-28-37-20-8-9-21-38(37)41-39(28)33-17-11-19-36(27-33)40(34-24-22-31(23-25-34)29-12-4-2-5-13-29)35-18-10-16-32(26-35)30-14-6-3-7-15-30/h2-27H,1H3. The summed E-state index contributed by atoms with van der Waals surface area (Å²) < 4.78 is 6.35. The molecular weight excluding hydrogens is 498 g/mol. The Morgan fingerprint density at radius 2 is 0.927 bits per heavy atom. The minimum absolute atomic E-state index is 0.908. The number of fused-ring (bicyclic) bond motifs is 1. The molecule has 0 spiro atoms. The van der Waals surface area contributed by atoms with Crippen molar-refractivity contribution in [3.63, 3.8) is 0 Å². The van der Waals surface area contributed by atoms with E-state index in [1.165, 1.54) is 22.3 Å². The molecular formula is C39H29NO. The zero-order valence-electron chi connectivity index (χ0n) is 22.9. The minimum Gasteiger partial charge on any atom is -0.456 e. The van der Waals surface area contributed by atoms with Crippen LogP contribution in [-0.4, -0.2) is 0 Å². The van der Waals surface area contributed by atoms with Crippen molar-refractivity contribution in [2.75, 3.05) is 4.90 Å². The van der Waals surface area contributed by atoms with Crippen LogP contribution in [0.1, 0.15) is 5.56 Å². The normalized spacial score (nSPS) is 11.0. The van der Waals surface area contributed by atoms with Crippen molar-refractivity contribution < 1.29 is 4.42 Å². The summed E-state index contributed by atoms with van der Waals surface area (Å²) in [5.74, 6) is 0.908. The van der Waals surface area contributed by atoms with Crippen LogP contribution in [-0.2, 0) is 0 Å². The zero-order chi connectivity index (χ0) is 27.6. The number of hydrogen-bond acceptors (Lipinski definition) is 2. The maximum atomic E-state index is 6.35. The number of hydrogen-bond donors (Lipinski definition) is 0. The Hall–Kier alpha value is -5.34. The maximum absolute atomic E-state index is 6.35. The Balaban J connectivity index is 1.36. The van der Waals surface area contributed by atoms with E-state index in [1.807, 2.05) is 12.1 Å². The maximum Gasteiger partial charge on any atom is 0.138 e. The molecule has 0 fully saturated rings. The first kappa shape index (κ1) is 24.7. The fourth-order valence-corrected chi connectivity index (χ4v) is 5.57. The SMILES string of the molecule is Cc1c(-c2cccc(N(c3ccc(-c4ccccc4)cc3)c3cccc(-c4ccccc4)c3)c2)oc2ccccc12. The second kappa shape index (κ2) is 10.7. The van der Waals surface area contributed by atoms with Gasteiger partial charge in [0.2, 0.25) is 0 Å². The van der Waals surface area contributed by atoms with Gasteiger partial charge in [-0.1, -0.05) is 115 Å². The van der Waals surface area contributed by atoms with Crippen molar-refractivity contribution in [2.24, 2.45) is 0 Å². The molecule has 0 saturated heterocycles. The summed E-state index contributed by atoms with van der Waals surface area (Å²) in [6.07, 6.45) is 0. The summed E-state index contributed by atoms with van der Waals surface area (Å²) in [4.78, 5) is 2.32. The van der Waals surface area contributed by atoms with Crippen molar-refractivity contribution in [3.8, 4) is 33.6 Å². The van der Waals surface area contributed by atoms with Crippen LogP contribution in [0.4, 0.5) is 17.1 Å². The highest BCUT2D eigenvalue weighted by molar-refractivity contribution is 5.89. The first-order valence-electron chi connectivity index (χ1n) is 13.9. The molecule has 6 aromatic carbocycles. The minimum atomic E-state index is 0.908. The molecule has 0 atom stereocenters. The number of nitrogens with zero attached hydrogens (tertiary/aromatic N) is 1. The second-order valence-corrected chi connectivity index (χ2v) is 10.3. The van der Waals surface area contributed by atoms with Gasteiger partial charge in [-0.25, -0.2) is 0 Å². The highest BCUT2D eigenvalue weighted by Crippen LogP contribution is 2.40. The summed E-state index contributed by atoms with van der Waals surface area (Å²) in [6, 6.07) is 55.5. The van der Waals surface area contributed by atoms with Gasteiger partial charge in [-0.3, -0.25) is 0 Å². The number of anilines is 3. The summed E-state index contributed by atoms with van der Waals surface area (Å²) in [6.45, 7) is 2.14. The van der Waals surface area contributed by atoms with Crippen molar-refractivity contribution in [2.45, 2.75) is 6.92 Å². The van der Waals surface area contributed by atoms with Gasteiger partial charge in [-0.2, -0.15) is 0 Å². The molecule has 0 bridgehead atoms. The third-order valence-corrected chi connectivity index (χ3v) is 7.65. The largest absolute Gasteiger partial charge is 0.456 e. The highest BCUT2D eigenvalue weighted by Gasteiger charge is 2.17. The summed E-state index contributed by atoms with van der Waals surface area (Å²) in [5, 5.41) is 1.15. The Morgan fingerprint density at radius 1 is 0.415 bits per heavy atom. The average molecular weight is 528 g/mol. The molecule has 0 unspecified atom stereocenters. The van der Waals surface area contributed by atoms with Gasteiger partial charge in [-0.05, 0) is 71.6 Å². The quantitative estimate of drug-likeness (QED) is 0.214. The van der Waals surface area contributed by atoms with E-state index in [9.17, 15) is 0 Å². The third-order valence-electron chi connectivity index (χ3n) is 7.65. The average Bonchev–Trinajstić information content (AvgIpc) is 3.39. The molecule has 1 heterocycles. The number of rotatable bonds is 6. The smallest absolute Gasteiger partial charge is 0.138 e. The van der Waals surface area contributed by atoms with E-state index in [-0.39, 0.29) is 0 Å². The van der Waals surface area contributed by atoms with Crippen molar-refractivity contribution in [1.82, 2.24) is 0 Å². The molecule has 0 amide bonds. The number of aryl methyl sites for hydroxylation is 1. The molecule has 2 heteroatoms. The predicted molar refractivity (Wildman–Crippen MR) is 172 cm³/mol. The predicted octanol–water partition coefficient (Wildman–Crippen LogP) is 11.2. The molecule has 0 saturated carbocycles. The van der Waals surface area contributed by atoms with Crippen LogP contribution in [0, 0.1) is 6.92 Å². The van der Waals surface area contributed by atoms with Gasteiger partial charge < -0.3 is 9.32 Å². The molecule has 1 aromatic heterocycles. The van der Waals surface area contributed by atoms with Crippen LogP contribution in [0.3, 0.4) is 0 Å². The summed E-state index contributed by atoms with van der Waals surface area (Å²) >= 11 is 0. The van der Waals surface area contributed by atoms with Gasteiger partial charge in [0.25, 0.3) is 0 Å². The van der Waals surface area contributed by atoms with Crippen LogP contribution in [0.2, 0.25) is 0 Å². The molecule has 0 aliphatic carbocycles. The van der Waals surface area contributed by atoms with Crippen molar-refractivity contribution in [3.05, 3.63) is 163 Å². The topological polar surface area (TPSA) is 16.4 Å². The molecule has 0 N–H and O–H groups in total. The zero-order valence-corrected chi connectivity index (χ0v) is 22.9. The Labute approximate surface area is 240 Å². The Bertz CT molecular complexity index is 1940. The lowest BCUT2D eigenvalue weighted by Crippen LogP contribution is -2.10. The van der Waals surface area contributed by atoms with E-state index in [0.717, 1.165) is 44.9 Å². The molecule has 0 radical (unpaired) electrons. The van der Waals surface area contributed by atoms with E-state index in [4.69, 9.17) is 4.42 Å². The van der Waals surface area contributed by atoms with Crippen molar-refractivity contribution in [1.29, 1.82) is 0 Å². The fraction of sp³-hybridized carbons (Fsp3) is 0.0256. The summed E-state index contributed by atoms with van der Waals surface area (Å²) in [5.41, 5.74) is 11.2. The first-order chi connectivity index (χ1) is 20.2. The van der Waals surface area contributed by atoms with Gasteiger partial charge in [0.1, 0.15) is 11.3 Å². The number of benzene rings is 6. The highest BCUT2D eigenvalue weighted by atomic mass is 16.3. The lowest BCUT2D eigenvalue weighted by atomic mass is 10.0. The molecule has 2 nitrogen and oxygen atoms in total. The van der Waals surface area contributed by atoms with E-state index >= 15 is 0 Å². The van der Waals surface area contributed by atoms with Gasteiger partial charge >= 0.3 is 0 Å². The molecule has 41 heavy (non-hydrogen) atoms. The van der Waals surface area contributed by atoms with E-state index in [1.54, 1.807) is 0 Å². The molecule has 7 rings (SSSR count). The lowest BCUT2D eigenvalue weighted by Gasteiger charge is -2.26. The monoisotopic (exact) mass is 527 g/mol. The summed E-state index contributed by atoms with van der Waals surface area (Å²) in [7, 11) is 0. The number of para-hydroxylation sites is 1. The second-order valence-electron chi connectivity index (χ2n) is 10.3. The van der Waals surface area contributed by atoms with Gasteiger partial charge in [0.15, 0.2) is 0 Å². The van der Waals surface area contributed by atoms with Crippen LogP contribution in [0.15, 0.2) is 162 Å². The third kappa shape index (κ3) is 4.81. The molecule has 7 aromatic rings. The fourth-order valence-electron chi connectivity index (χ4n) is 5.57. The number of furan rings is 1. The van der Waals surface area contributed by atoms with Gasteiger partial charge in [0.05, 0.1) is 0 Å². The first-order valence-corrected chi connectivity index (χ1v) is 13.9. The van der Waals surface area contributed by atoms with Gasteiger partial charge in [-0.15, -0.1) is 0 Å². The molecule has 196 valence electrons. The van der Waals surface area contributed by atoms with Gasteiger partial charge in [0, 0.05) is 33.6 Å². The van der Waals surface area contributed by atoms with E-state index < -0.39 is 0 Å². The Morgan fingerprint density at radius 3 is 1.59 bits per heavy atom. The molecule has 0 aliphatic heterocycles. The van der Waals surface area contributed by atoms with Crippen molar-refractivity contribution >= 4 is 28.0 Å². The van der Waals surface area contributed by atoms with E-state index in [0.29, 0.717) is 0 Å². The van der Waals surface area contributed by atoms with E-state index in [2.05, 4.69) is 157 Å². The Kier molecular flexibility index (Phi) is 6.42. The van der Waals surface area contributed by atoms with Crippen LogP contribution < -0.4 is 4.90 Å². The molecule has 0 aliphatic rings. The van der Waals surface area contributed by atoms with Crippen LogP contribution in [0.25, 0.3) is 44.5 Å². The lowest BCUT2D eigenvalue weighted by molar-refractivity contribution is 0.629. The van der Waals surface area contributed by atoms with Crippen LogP contribution >= 0.6 is 0 Å².